The molecule has 112 valence electrons. The Kier molecular flexibility index (Phi) is 4.87. The number of nitrogens with zero attached hydrogens (tertiary/aromatic N) is 1. The Balaban J connectivity index is 1.92. The van der Waals surface area contributed by atoms with E-state index in [2.05, 4.69) is 4.98 Å². The molecule has 0 spiro atoms. The molecule has 2 aromatic heterocycles. The molecule has 2 N–H and O–H groups in total. The van der Waals surface area contributed by atoms with Crippen LogP contribution in [0.2, 0.25) is 10.0 Å². The summed E-state index contributed by atoms with van der Waals surface area (Å²) in [6.45, 7) is -0.484. The number of anilines is 1. The first-order chi connectivity index (χ1) is 9.99. The molecule has 0 atom stereocenters. The number of nitrogen functional groups attached to an aromatic ring is 1. The van der Waals surface area contributed by atoms with E-state index in [0.717, 1.165) is 0 Å². The Morgan fingerprint density at radius 1 is 1.43 bits per heavy atom. The summed E-state index contributed by atoms with van der Waals surface area (Å²) >= 11 is 11.3. The fourth-order valence-corrected chi connectivity index (χ4v) is 1.69. The fourth-order valence-electron chi connectivity index (χ4n) is 1.31. The van der Waals surface area contributed by atoms with Gasteiger partial charge >= 0.3 is 5.97 Å². The van der Waals surface area contributed by atoms with Crippen LogP contribution in [-0.4, -0.2) is 17.6 Å². The number of rotatable bonds is 5. The lowest BCUT2D eigenvalue weighted by atomic mass is 10.4. The molecule has 0 aromatic carbocycles. The topological polar surface area (TPSA) is 87.6 Å². The number of esters is 1. The van der Waals surface area contributed by atoms with E-state index in [1.807, 2.05) is 0 Å². The molecule has 0 aliphatic heterocycles. The number of carbonyl (C=O) groups excluding carboxylic acids is 1. The van der Waals surface area contributed by atoms with Gasteiger partial charge in [-0.1, -0.05) is 23.2 Å². The van der Waals surface area contributed by atoms with E-state index >= 15 is 0 Å². The maximum Gasteiger partial charge on any atom is 0.344 e. The highest BCUT2D eigenvalue weighted by Gasteiger charge is 2.17. The monoisotopic (exact) mass is 334 g/mol. The molecule has 0 unspecified atom stereocenters. The van der Waals surface area contributed by atoms with Gasteiger partial charge in [0.05, 0.1) is 18.2 Å². The van der Waals surface area contributed by atoms with E-state index in [-0.39, 0.29) is 23.2 Å². The molecule has 2 aromatic rings. The molecule has 0 saturated carbocycles. The third-order valence-corrected chi connectivity index (χ3v) is 3.07. The van der Waals surface area contributed by atoms with Crippen LogP contribution >= 0.6 is 23.2 Å². The Morgan fingerprint density at radius 2 is 2.19 bits per heavy atom. The molecule has 0 bridgehead atoms. The van der Waals surface area contributed by atoms with Crippen molar-refractivity contribution in [3.05, 3.63) is 40.1 Å². The minimum absolute atomic E-state index is 0.0248. The molecular formula is C12H9Cl2FN2O4. The molecule has 0 amide bonds. The summed E-state index contributed by atoms with van der Waals surface area (Å²) in [5.41, 5.74) is 5.93. The zero-order chi connectivity index (χ0) is 15.4. The summed E-state index contributed by atoms with van der Waals surface area (Å²) in [5, 5.41) is -0.584. The maximum atomic E-state index is 13.3. The van der Waals surface area contributed by atoms with Gasteiger partial charge in [0, 0.05) is 5.56 Å². The van der Waals surface area contributed by atoms with Crippen LogP contribution in [0, 0.1) is 5.95 Å². The number of hydrogen-bond donors (Lipinski definition) is 1. The van der Waals surface area contributed by atoms with Crippen molar-refractivity contribution in [1.82, 2.24) is 4.98 Å². The van der Waals surface area contributed by atoms with Crippen LogP contribution in [0.3, 0.4) is 0 Å². The number of hydrogen-bond acceptors (Lipinski definition) is 6. The zero-order valence-corrected chi connectivity index (χ0v) is 11.9. The number of halogens is 3. The van der Waals surface area contributed by atoms with Gasteiger partial charge in [-0.15, -0.1) is 0 Å². The van der Waals surface area contributed by atoms with Gasteiger partial charge in [-0.2, -0.15) is 9.37 Å². The number of ether oxygens (including phenoxy) is 2. The molecule has 0 fully saturated rings. The summed E-state index contributed by atoms with van der Waals surface area (Å²) in [5.74, 6) is -2.07. The van der Waals surface area contributed by atoms with Crippen LogP contribution in [0.4, 0.5) is 10.1 Å². The van der Waals surface area contributed by atoms with Crippen LogP contribution in [0.15, 0.2) is 23.0 Å². The lowest BCUT2D eigenvalue weighted by molar-refractivity contribution is -0.147. The van der Waals surface area contributed by atoms with Crippen molar-refractivity contribution < 1.29 is 23.1 Å². The van der Waals surface area contributed by atoms with Crippen molar-refractivity contribution in [2.75, 3.05) is 12.3 Å². The highest BCUT2D eigenvalue weighted by atomic mass is 35.5. The van der Waals surface area contributed by atoms with E-state index < -0.39 is 23.5 Å². The zero-order valence-electron chi connectivity index (χ0n) is 10.4. The van der Waals surface area contributed by atoms with Gasteiger partial charge in [0.1, 0.15) is 16.7 Å². The van der Waals surface area contributed by atoms with Crippen LogP contribution in [0.5, 0.6) is 5.88 Å². The standard InChI is InChI=1S/C12H9Cl2FN2O4/c13-8-10(16)9(14)12(17-11(8)15)21-5-7(18)20-4-6-1-2-19-3-6/h1-3H,4-5H2,(H2,16,17). The fraction of sp³-hybridized carbons (Fsp3) is 0.167. The smallest absolute Gasteiger partial charge is 0.344 e. The lowest BCUT2D eigenvalue weighted by Crippen LogP contribution is -2.16. The second kappa shape index (κ2) is 6.64. The van der Waals surface area contributed by atoms with Crippen molar-refractivity contribution in [2.45, 2.75) is 6.61 Å². The molecule has 21 heavy (non-hydrogen) atoms. The molecule has 0 radical (unpaired) electrons. The van der Waals surface area contributed by atoms with Gasteiger partial charge in [-0.05, 0) is 6.07 Å². The number of furan rings is 1. The van der Waals surface area contributed by atoms with Crippen LogP contribution < -0.4 is 10.5 Å². The summed E-state index contributed by atoms with van der Waals surface area (Å²) in [6, 6.07) is 1.64. The van der Waals surface area contributed by atoms with Crippen LogP contribution in [0.1, 0.15) is 5.56 Å². The minimum atomic E-state index is -1.04. The molecular weight excluding hydrogens is 326 g/mol. The Bertz CT molecular complexity index is 649. The van der Waals surface area contributed by atoms with Gasteiger partial charge in [-0.25, -0.2) is 4.79 Å². The SMILES string of the molecule is Nc1c(Cl)c(F)nc(OCC(=O)OCc2ccoc2)c1Cl. The minimum Gasteiger partial charge on any atom is -0.472 e. The predicted octanol–water partition coefficient (Wildman–Crippen LogP) is 2.82. The van der Waals surface area contributed by atoms with E-state index in [1.165, 1.54) is 12.5 Å². The number of aromatic nitrogens is 1. The van der Waals surface area contributed by atoms with Gasteiger partial charge in [0.15, 0.2) is 6.61 Å². The quantitative estimate of drug-likeness (QED) is 0.668. The van der Waals surface area contributed by atoms with Crippen molar-refractivity contribution in [3.63, 3.8) is 0 Å². The number of nitrogens with two attached hydrogens (primary N) is 1. The largest absolute Gasteiger partial charge is 0.472 e. The van der Waals surface area contributed by atoms with E-state index in [0.29, 0.717) is 5.56 Å². The Labute approximate surface area is 128 Å². The average molecular weight is 335 g/mol. The first-order valence-electron chi connectivity index (χ1n) is 5.58. The van der Waals surface area contributed by atoms with Gasteiger partial charge in [0.25, 0.3) is 0 Å². The molecule has 6 nitrogen and oxygen atoms in total. The normalized spacial score (nSPS) is 10.4. The Hall–Kier alpha value is -1.99. The van der Waals surface area contributed by atoms with Crippen molar-refractivity contribution in [2.24, 2.45) is 0 Å². The van der Waals surface area contributed by atoms with E-state index in [9.17, 15) is 9.18 Å². The number of pyridine rings is 1. The third kappa shape index (κ3) is 3.77. The maximum absolute atomic E-state index is 13.3. The van der Waals surface area contributed by atoms with Gasteiger partial charge in [0.2, 0.25) is 11.8 Å². The Morgan fingerprint density at radius 3 is 2.86 bits per heavy atom. The summed E-state index contributed by atoms with van der Waals surface area (Å²) in [6.07, 6.45) is 2.88. The summed E-state index contributed by atoms with van der Waals surface area (Å²) < 4.78 is 28.0. The molecule has 0 saturated heterocycles. The summed E-state index contributed by atoms with van der Waals surface area (Å²) in [7, 11) is 0. The first-order valence-corrected chi connectivity index (χ1v) is 6.34. The molecule has 2 rings (SSSR count). The predicted molar refractivity (Wildman–Crippen MR) is 72.6 cm³/mol. The van der Waals surface area contributed by atoms with E-state index in [1.54, 1.807) is 6.07 Å². The summed E-state index contributed by atoms with van der Waals surface area (Å²) in [4.78, 5) is 14.8. The average Bonchev–Trinajstić information content (AvgIpc) is 2.98. The molecule has 9 heteroatoms. The van der Waals surface area contributed by atoms with Gasteiger partial charge < -0.3 is 19.6 Å². The lowest BCUT2D eigenvalue weighted by Gasteiger charge is -2.09. The van der Waals surface area contributed by atoms with Crippen molar-refractivity contribution in [3.8, 4) is 5.88 Å². The van der Waals surface area contributed by atoms with Crippen molar-refractivity contribution in [1.29, 1.82) is 0 Å². The highest BCUT2D eigenvalue weighted by molar-refractivity contribution is 6.39. The highest BCUT2D eigenvalue weighted by Crippen LogP contribution is 2.35. The van der Waals surface area contributed by atoms with Crippen LogP contribution in [-0.2, 0) is 16.1 Å². The first kappa shape index (κ1) is 15.4. The molecule has 2 heterocycles. The van der Waals surface area contributed by atoms with Crippen molar-refractivity contribution >= 4 is 34.9 Å². The second-order valence-electron chi connectivity index (χ2n) is 3.83. The van der Waals surface area contributed by atoms with E-state index in [4.69, 9.17) is 42.8 Å². The second-order valence-corrected chi connectivity index (χ2v) is 4.59. The third-order valence-electron chi connectivity index (χ3n) is 2.35. The van der Waals surface area contributed by atoms with Gasteiger partial charge in [-0.3, -0.25) is 0 Å². The molecule has 0 aliphatic rings. The van der Waals surface area contributed by atoms with Crippen LogP contribution in [0.25, 0.3) is 0 Å². The number of carbonyl (C=O) groups is 1. The molecule has 0 aliphatic carbocycles.